The summed E-state index contributed by atoms with van der Waals surface area (Å²) >= 11 is 0. The van der Waals surface area contributed by atoms with Crippen LogP contribution >= 0.6 is 0 Å². The van der Waals surface area contributed by atoms with Crippen molar-refractivity contribution >= 4 is 22.8 Å². The van der Waals surface area contributed by atoms with Crippen LogP contribution in [-0.2, 0) is 0 Å². The van der Waals surface area contributed by atoms with Crippen LogP contribution in [0.2, 0.25) is 0 Å². The van der Waals surface area contributed by atoms with E-state index in [0.717, 1.165) is 35.9 Å². The van der Waals surface area contributed by atoms with Gasteiger partial charge in [0, 0.05) is 31.8 Å². The first-order valence-electron chi connectivity index (χ1n) is 10.6. The summed E-state index contributed by atoms with van der Waals surface area (Å²) < 4.78 is 30.1. The Morgan fingerprint density at radius 3 is 2.69 bits per heavy atom. The molecule has 2 aromatic heterocycles. The Balaban J connectivity index is 1.55. The molecule has 164 valence electrons. The maximum absolute atomic E-state index is 14.5. The molecular weight excluding hydrogens is 410 g/mol. The molecule has 5 rings (SSSR count). The molecule has 4 aromatic rings. The highest BCUT2D eigenvalue weighted by Crippen LogP contribution is 2.37. The Bertz CT molecular complexity index is 1300. The highest BCUT2D eigenvalue weighted by molar-refractivity contribution is 5.76. The maximum Gasteiger partial charge on any atom is 0.154 e. The van der Waals surface area contributed by atoms with E-state index in [9.17, 15) is 8.78 Å². The van der Waals surface area contributed by atoms with Gasteiger partial charge in [-0.05, 0) is 55.3 Å². The van der Waals surface area contributed by atoms with Crippen LogP contribution in [0.4, 0.5) is 26.0 Å². The van der Waals surface area contributed by atoms with Crippen molar-refractivity contribution in [3.63, 3.8) is 0 Å². The average molecular weight is 434 g/mol. The summed E-state index contributed by atoms with van der Waals surface area (Å²) in [6, 6.07) is 13.0. The van der Waals surface area contributed by atoms with E-state index in [1.165, 1.54) is 12.1 Å². The molecule has 1 atom stereocenters. The van der Waals surface area contributed by atoms with Crippen molar-refractivity contribution < 1.29 is 8.78 Å². The number of hydrogen-bond acceptors (Lipinski definition) is 5. The molecule has 0 saturated carbocycles. The number of benzene rings is 2. The van der Waals surface area contributed by atoms with Crippen LogP contribution in [0.3, 0.4) is 0 Å². The topological polar surface area (TPSA) is 62.7 Å². The van der Waals surface area contributed by atoms with Gasteiger partial charge in [-0.3, -0.25) is 0 Å². The number of anilines is 3. The molecule has 8 heteroatoms. The lowest BCUT2D eigenvalue weighted by Crippen LogP contribution is -2.25. The summed E-state index contributed by atoms with van der Waals surface area (Å²) in [5.41, 5.74) is 10.6. The molecule has 32 heavy (non-hydrogen) atoms. The normalized spacial score (nSPS) is 16.1. The highest BCUT2D eigenvalue weighted by Gasteiger charge is 2.30. The van der Waals surface area contributed by atoms with E-state index in [-0.39, 0.29) is 6.04 Å². The quantitative estimate of drug-likeness (QED) is 0.473. The Kier molecular flexibility index (Phi) is 4.92. The minimum absolute atomic E-state index is 0.266. The summed E-state index contributed by atoms with van der Waals surface area (Å²) in [7, 11) is 3.89. The first-order chi connectivity index (χ1) is 15.4. The molecule has 1 aliphatic rings. The van der Waals surface area contributed by atoms with Crippen LogP contribution in [0.15, 0.2) is 54.7 Å². The molecule has 1 fully saturated rings. The minimum Gasteiger partial charge on any atom is -0.397 e. The molecule has 0 amide bonds. The van der Waals surface area contributed by atoms with Gasteiger partial charge in [0.15, 0.2) is 5.65 Å². The third-order valence-electron chi connectivity index (χ3n) is 6.02. The zero-order chi connectivity index (χ0) is 22.4. The van der Waals surface area contributed by atoms with Crippen molar-refractivity contribution in [3.8, 4) is 11.3 Å². The van der Waals surface area contributed by atoms with Gasteiger partial charge < -0.3 is 15.5 Å². The molecular formula is C24H24F2N6. The fraction of sp³-hybridized carbons (Fsp3) is 0.250. The molecule has 1 unspecified atom stereocenters. The largest absolute Gasteiger partial charge is 0.397 e. The summed E-state index contributed by atoms with van der Waals surface area (Å²) in [4.78, 5) is 8.47. The predicted octanol–water partition coefficient (Wildman–Crippen LogP) is 4.66. The second-order valence-electron chi connectivity index (χ2n) is 8.29. The minimum atomic E-state index is -0.438. The van der Waals surface area contributed by atoms with E-state index in [1.54, 1.807) is 10.7 Å². The Hall–Kier alpha value is -3.68. The van der Waals surface area contributed by atoms with Gasteiger partial charge in [-0.1, -0.05) is 6.07 Å². The number of halogens is 2. The van der Waals surface area contributed by atoms with E-state index in [1.807, 2.05) is 54.2 Å². The lowest BCUT2D eigenvalue weighted by Gasteiger charge is -2.26. The molecule has 0 aliphatic carbocycles. The number of nitrogens with zero attached hydrogens (tertiary/aromatic N) is 5. The van der Waals surface area contributed by atoms with Crippen molar-refractivity contribution in [2.75, 3.05) is 36.2 Å². The molecule has 1 saturated heterocycles. The van der Waals surface area contributed by atoms with Crippen LogP contribution in [0.1, 0.15) is 24.4 Å². The zero-order valence-electron chi connectivity index (χ0n) is 18.0. The Morgan fingerprint density at radius 1 is 1.06 bits per heavy atom. The molecule has 0 bridgehead atoms. The van der Waals surface area contributed by atoms with Gasteiger partial charge in [0.25, 0.3) is 0 Å². The van der Waals surface area contributed by atoms with Gasteiger partial charge in [-0.15, -0.1) is 5.10 Å². The standard InChI is InChI=1S/C24H24F2N6/c1-30(2)21-8-5-15(12-19(21)27)22-14-28-23-9-10-24(29-32(22)23)31-11-3-4-20(31)17-13-16(25)6-7-18(17)26/h5-10,12-14,20H,3-4,11,27H2,1-2H3. The smallest absolute Gasteiger partial charge is 0.154 e. The maximum atomic E-state index is 14.5. The van der Waals surface area contributed by atoms with Crippen molar-refractivity contribution in [1.82, 2.24) is 14.6 Å². The second kappa shape index (κ2) is 7.78. The number of nitrogen functional groups attached to an aromatic ring is 1. The number of aromatic nitrogens is 3. The van der Waals surface area contributed by atoms with Crippen LogP contribution in [0, 0.1) is 11.6 Å². The molecule has 0 spiro atoms. The van der Waals surface area contributed by atoms with Crippen molar-refractivity contribution in [2.45, 2.75) is 18.9 Å². The Morgan fingerprint density at radius 2 is 1.91 bits per heavy atom. The van der Waals surface area contributed by atoms with Crippen LogP contribution < -0.4 is 15.5 Å². The van der Waals surface area contributed by atoms with E-state index in [2.05, 4.69) is 4.98 Å². The lowest BCUT2D eigenvalue weighted by atomic mass is 10.0. The van der Waals surface area contributed by atoms with E-state index < -0.39 is 11.6 Å². The van der Waals surface area contributed by atoms with E-state index >= 15 is 0 Å². The summed E-state index contributed by atoms with van der Waals surface area (Å²) in [6.07, 6.45) is 3.38. The molecule has 3 heterocycles. The van der Waals surface area contributed by atoms with Gasteiger partial charge in [0.05, 0.1) is 29.3 Å². The zero-order valence-corrected chi connectivity index (χ0v) is 18.0. The number of fused-ring (bicyclic) bond motifs is 1. The fourth-order valence-corrected chi connectivity index (χ4v) is 4.47. The lowest BCUT2D eigenvalue weighted by molar-refractivity contribution is 0.559. The SMILES string of the molecule is CN(C)c1ccc(-c2cnc3ccc(N4CCCC4c4cc(F)ccc4F)nn23)cc1N. The first-order valence-corrected chi connectivity index (χ1v) is 10.6. The van der Waals surface area contributed by atoms with Crippen molar-refractivity contribution in [3.05, 3.63) is 71.9 Å². The molecule has 6 nitrogen and oxygen atoms in total. The third-order valence-corrected chi connectivity index (χ3v) is 6.02. The van der Waals surface area contributed by atoms with E-state index in [0.29, 0.717) is 29.3 Å². The fourth-order valence-electron chi connectivity index (χ4n) is 4.47. The van der Waals surface area contributed by atoms with Crippen molar-refractivity contribution in [2.24, 2.45) is 0 Å². The monoisotopic (exact) mass is 434 g/mol. The molecule has 2 N–H and O–H groups in total. The van der Waals surface area contributed by atoms with Gasteiger partial charge >= 0.3 is 0 Å². The predicted molar refractivity (Wildman–Crippen MR) is 123 cm³/mol. The number of hydrogen-bond donors (Lipinski definition) is 1. The summed E-state index contributed by atoms with van der Waals surface area (Å²) in [5, 5.41) is 4.82. The Labute approximate surface area is 184 Å². The molecule has 2 aromatic carbocycles. The van der Waals surface area contributed by atoms with Crippen LogP contribution in [0.25, 0.3) is 16.9 Å². The molecule has 1 aliphatic heterocycles. The second-order valence-corrected chi connectivity index (χ2v) is 8.29. The number of nitrogens with two attached hydrogens (primary N) is 1. The summed E-state index contributed by atoms with van der Waals surface area (Å²) in [6.45, 7) is 0.716. The van der Waals surface area contributed by atoms with Gasteiger partial charge in [-0.2, -0.15) is 0 Å². The average Bonchev–Trinajstić information content (AvgIpc) is 3.41. The summed E-state index contributed by atoms with van der Waals surface area (Å²) in [5.74, 6) is -0.141. The number of rotatable bonds is 4. The van der Waals surface area contributed by atoms with Crippen LogP contribution in [0.5, 0.6) is 0 Å². The molecule has 0 radical (unpaired) electrons. The van der Waals surface area contributed by atoms with Gasteiger partial charge in [0.2, 0.25) is 0 Å². The van der Waals surface area contributed by atoms with Gasteiger partial charge in [0.1, 0.15) is 17.5 Å². The van der Waals surface area contributed by atoms with E-state index in [4.69, 9.17) is 10.8 Å². The van der Waals surface area contributed by atoms with Crippen molar-refractivity contribution in [1.29, 1.82) is 0 Å². The highest BCUT2D eigenvalue weighted by atomic mass is 19.1. The number of imidazole rings is 1. The third kappa shape index (κ3) is 3.41. The van der Waals surface area contributed by atoms with Crippen LogP contribution in [-0.4, -0.2) is 35.2 Å². The first kappa shape index (κ1) is 20.2. The van der Waals surface area contributed by atoms with Gasteiger partial charge in [-0.25, -0.2) is 18.3 Å².